The molecule has 3 nitrogen and oxygen atoms in total. The first-order valence-corrected chi connectivity index (χ1v) is 8.15. The van der Waals surface area contributed by atoms with Crippen LogP contribution in [0.3, 0.4) is 0 Å². The number of nitrogens with zero attached hydrogens (tertiary/aromatic N) is 2. The summed E-state index contributed by atoms with van der Waals surface area (Å²) < 4.78 is 0. The fraction of sp³-hybridized carbons (Fsp3) is 0.333. The van der Waals surface area contributed by atoms with Crippen molar-refractivity contribution in [3.8, 4) is 0 Å². The summed E-state index contributed by atoms with van der Waals surface area (Å²) in [5, 5.41) is 0.719. The number of carbonyl (C=O) groups excluding carboxylic acids is 1. The number of amidine groups is 1. The third-order valence-electron chi connectivity index (χ3n) is 4.84. The smallest absolute Gasteiger partial charge is 0.273 e. The summed E-state index contributed by atoms with van der Waals surface area (Å²) in [6, 6.07) is 7.80. The summed E-state index contributed by atoms with van der Waals surface area (Å²) in [6.07, 6.45) is 11.2. The number of allylic oxidation sites excluding steroid dienone is 2. The lowest BCUT2D eigenvalue weighted by Gasteiger charge is -2.40. The first kappa shape index (κ1) is 13.8. The molecular formula is C18H17ClN2O. The van der Waals surface area contributed by atoms with Gasteiger partial charge in [0.25, 0.3) is 5.91 Å². The number of benzene rings is 1. The van der Waals surface area contributed by atoms with E-state index in [1.54, 1.807) is 0 Å². The van der Waals surface area contributed by atoms with Gasteiger partial charge in [0.1, 0.15) is 11.4 Å². The highest BCUT2D eigenvalue weighted by Crippen LogP contribution is 2.41. The molecule has 0 atom stereocenters. The Hall–Kier alpha value is -1.87. The van der Waals surface area contributed by atoms with Crippen LogP contribution in [0.1, 0.15) is 37.7 Å². The zero-order valence-electron chi connectivity index (χ0n) is 12.3. The molecule has 1 aromatic carbocycles. The van der Waals surface area contributed by atoms with Gasteiger partial charge in [0, 0.05) is 11.2 Å². The van der Waals surface area contributed by atoms with Gasteiger partial charge in [0.05, 0.1) is 0 Å². The minimum atomic E-state index is -0.442. The summed E-state index contributed by atoms with van der Waals surface area (Å²) in [4.78, 5) is 18.9. The molecular weight excluding hydrogens is 296 g/mol. The molecule has 112 valence electrons. The molecule has 0 unspecified atom stereocenters. The maximum absolute atomic E-state index is 12.5. The Morgan fingerprint density at radius 2 is 1.95 bits per heavy atom. The van der Waals surface area contributed by atoms with E-state index in [4.69, 9.17) is 11.6 Å². The van der Waals surface area contributed by atoms with Gasteiger partial charge < -0.3 is 4.90 Å². The maximum Gasteiger partial charge on any atom is 0.273 e. The van der Waals surface area contributed by atoms with Crippen LogP contribution < -0.4 is 0 Å². The van der Waals surface area contributed by atoms with Crippen molar-refractivity contribution in [1.82, 2.24) is 4.90 Å². The second-order valence-corrected chi connectivity index (χ2v) is 6.60. The zero-order valence-corrected chi connectivity index (χ0v) is 13.0. The standard InChI is InChI=1S/C18H17ClN2O/c19-15-6-4-5-13(11-15)14-7-8-16-20-17(22)18(21(16)12-14)9-2-1-3-10-18/h4-8,11-12H,1-3,9-10H2. The fourth-order valence-electron chi connectivity index (χ4n) is 3.67. The first-order chi connectivity index (χ1) is 10.7. The average molecular weight is 313 g/mol. The second-order valence-electron chi connectivity index (χ2n) is 6.17. The molecule has 0 aromatic heterocycles. The fourth-order valence-corrected chi connectivity index (χ4v) is 3.86. The van der Waals surface area contributed by atoms with Crippen LogP contribution in [0.5, 0.6) is 0 Å². The lowest BCUT2D eigenvalue weighted by Crippen LogP contribution is -2.50. The van der Waals surface area contributed by atoms with Gasteiger partial charge in [0.15, 0.2) is 0 Å². The van der Waals surface area contributed by atoms with Gasteiger partial charge in [-0.05, 0) is 48.3 Å². The van der Waals surface area contributed by atoms with Gasteiger partial charge in [-0.25, -0.2) is 0 Å². The van der Waals surface area contributed by atoms with Crippen molar-refractivity contribution in [2.45, 2.75) is 37.6 Å². The Kier molecular flexibility index (Phi) is 3.19. The van der Waals surface area contributed by atoms with Gasteiger partial charge in [-0.15, -0.1) is 0 Å². The second kappa shape index (κ2) is 5.10. The molecule has 1 saturated carbocycles. The Labute approximate surface area is 135 Å². The summed E-state index contributed by atoms with van der Waals surface area (Å²) >= 11 is 6.10. The molecule has 0 radical (unpaired) electrons. The van der Waals surface area contributed by atoms with Crippen molar-refractivity contribution >= 4 is 28.9 Å². The third kappa shape index (κ3) is 2.03. The molecule has 0 N–H and O–H groups in total. The van der Waals surface area contributed by atoms with E-state index in [9.17, 15) is 4.79 Å². The Morgan fingerprint density at radius 3 is 2.73 bits per heavy atom. The molecule has 4 heteroatoms. The van der Waals surface area contributed by atoms with E-state index < -0.39 is 5.54 Å². The molecule has 1 aromatic rings. The molecule has 4 rings (SSSR count). The van der Waals surface area contributed by atoms with E-state index in [0.29, 0.717) is 0 Å². The van der Waals surface area contributed by atoms with E-state index in [0.717, 1.165) is 47.7 Å². The van der Waals surface area contributed by atoms with Crippen LogP contribution in [0.15, 0.2) is 47.6 Å². The SMILES string of the molecule is O=C1N=C2C=CC(c3cccc(Cl)c3)=CN2C12CCCCC2. The van der Waals surface area contributed by atoms with Crippen LogP contribution >= 0.6 is 11.6 Å². The van der Waals surface area contributed by atoms with Gasteiger partial charge in [-0.3, -0.25) is 4.79 Å². The molecule has 2 aliphatic heterocycles. The van der Waals surface area contributed by atoms with Crippen molar-refractivity contribution in [2.75, 3.05) is 0 Å². The molecule has 2 heterocycles. The minimum absolute atomic E-state index is 0.0236. The molecule has 1 amide bonds. The average Bonchev–Trinajstić information content (AvgIpc) is 2.80. The predicted octanol–water partition coefficient (Wildman–Crippen LogP) is 4.19. The minimum Gasteiger partial charge on any atom is -0.317 e. The number of hydrogen-bond donors (Lipinski definition) is 0. The van der Waals surface area contributed by atoms with Crippen molar-refractivity contribution in [2.24, 2.45) is 4.99 Å². The van der Waals surface area contributed by atoms with E-state index in [1.165, 1.54) is 6.42 Å². The van der Waals surface area contributed by atoms with Crippen LogP contribution in [-0.4, -0.2) is 22.2 Å². The quantitative estimate of drug-likeness (QED) is 0.778. The van der Waals surface area contributed by atoms with Crippen molar-refractivity contribution in [3.63, 3.8) is 0 Å². The summed E-state index contributed by atoms with van der Waals surface area (Å²) in [7, 11) is 0. The molecule has 1 spiro atoms. The Morgan fingerprint density at radius 1 is 1.14 bits per heavy atom. The third-order valence-corrected chi connectivity index (χ3v) is 5.08. The summed E-state index contributed by atoms with van der Waals surface area (Å²) in [6.45, 7) is 0. The lowest BCUT2D eigenvalue weighted by molar-refractivity contribution is -0.126. The number of aliphatic imine (C=N–C) groups is 1. The van der Waals surface area contributed by atoms with Gasteiger partial charge >= 0.3 is 0 Å². The monoisotopic (exact) mass is 312 g/mol. The molecule has 3 aliphatic rings. The van der Waals surface area contributed by atoms with Crippen LogP contribution in [0.4, 0.5) is 0 Å². The number of halogens is 1. The number of amides is 1. The summed E-state index contributed by atoms with van der Waals surface area (Å²) in [5.41, 5.74) is 1.69. The number of fused-ring (bicyclic) bond motifs is 2. The lowest BCUT2D eigenvalue weighted by atomic mass is 9.80. The molecule has 1 fully saturated rings. The molecule has 22 heavy (non-hydrogen) atoms. The molecule has 0 saturated heterocycles. The predicted molar refractivity (Wildman–Crippen MR) is 88.7 cm³/mol. The highest BCUT2D eigenvalue weighted by Gasteiger charge is 2.49. The highest BCUT2D eigenvalue weighted by molar-refractivity contribution is 6.30. The zero-order chi connectivity index (χ0) is 15.2. The largest absolute Gasteiger partial charge is 0.317 e. The van der Waals surface area contributed by atoms with Crippen molar-refractivity contribution in [3.05, 3.63) is 53.2 Å². The maximum atomic E-state index is 12.5. The topological polar surface area (TPSA) is 32.7 Å². The first-order valence-electron chi connectivity index (χ1n) is 7.77. The molecule has 0 bridgehead atoms. The number of carbonyl (C=O) groups is 1. The van der Waals surface area contributed by atoms with Crippen molar-refractivity contribution < 1.29 is 4.79 Å². The van der Waals surface area contributed by atoms with Gasteiger partial charge in [-0.2, -0.15) is 4.99 Å². The van der Waals surface area contributed by atoms with Gasteiger partial charge in [0.2, 0.25) is 0 Å². The van der Waals surface area contributed by atoms with Crippen LogP contribution in [-0.2, 0) is 4.79 Å². The number of rotatable bonds is 1. The van der Waals surface area contributed by atoms with Crippen LogP contribution in [0.2, 0.25) is 5.02 Å². The van der Waals surface area contributed by atoms with E-state index in [1.807, 2.05) is 36.4 Å². The van der Waals surface area contributed by atoms with Gasteiger partial charge in [-0.1, -0.05) is 43.0 Å². The van der Waals surface area contributed by atoms with E-state index in [-0.39, 0.29) is 5.91 Å². The Bertz CT molecular complexity index is 726. The normalized spacial score (nSPS) is 22.6. The van der Waals surface area contributed by atoms with E-state index >= 15 is 0 Å². The highest BCUT2D eigenvalue weighted by atomic mass is 35.5. The molecule has 1 aliphatic carbocycles. The van der Waals surface area contributed by atoms with E-state index in [2.05, 4.69) is 16.1 Å². The van der Waals surface area contributed by atoms with Crippen molar-refractivity contribution in [1.29, 1.82) is 0 Å². The Balaban J connectivity index is 1.75. The van der Waals surface area contributed by atoms with Crippen LogP contribution in [0, 0.1) is 0 Å². The van der Waals surface area contributed by atoms with Crippen LogP contribution in [0.25, 0.3) is 5.57 Å². The summed E-state index contributed by atoms with van der Waals surface area (Å²) in [5.74, 6) is 0.799. The number of hydrogen-bond acceptors (Lipinski definition) is 2.